The fraction of sp³-hybridized carbons (Fsp3) is 0.292. The van der Waals surface area contributed by atoms with Crippen molar-refractivity contribution in [2.45, 2.75) is 23.9 Å². The molecule has 7 heteroatoms. The Kier molecular flexibility index (Phi) is 5.04. The van der Waals surface area contributed by atoms with Crippen LogP contribution in [-0.2, 0) is 14.8 Å². The molecule has 1 aliphatic heterocycles. The van der Waals surface area contributed by atoms with Gasteiger partial charge in [0.2, 0.25) is 15.9 Å². The number of rotatable bonds is 4. The van der Waals surface area contributed by atoms with Crippen molar-refractivity contribution in [3.63, 3.8) is 0 Å². The summed E-state index contributed by atoms with van der Waals surface area (Å²) < 4.78 is 29.5. The van der Waals surface area contributed by atoms with E-state index in [1.807, 2.05) is 29.2 Å². The molecule has 31 heavy (non-hydrogen) atoms. The van der Waals surface area contributed by atoms with Crippen LogP contribution in [0.4, 0.5) is 0 Å². The smallest absolute Gasteiger partial charge is 0.241 e. The van der Waals surface area contributed by atoms with Gasteiger partial charge in [-0.2, -0.15) is 4.72 Å². The maximum atomic E-state index is 13.3. The first-order chi connectivity index (χ1) is 15.0. The Morgan fingerprint density at radius 2 is 1.58 bits per heavy atom. The van der Waals surface area contributed by atoms with Gasteiger partial charge in [-0.15, -0.1) is 0 Å². The molecular formula is C24H26N3O3S+. The van der Waals surface area contributed by atoms with E-state index in [9.17, 15) is 13.2 Å². The second-order valence-corrected chi connectivity index (χ2v) is 10.1. The van der Waals surface area contributed by atoms with Crippen LogP contribution in [0.3, 0.4) is 0 Å². The van der Waals surface area contributed by atoms with Gasteiger partial charge in [0.1, 0.15) is 12.1 Å². The van der Waals surface area contributed by atoms with Crippen molar-refractivity contribution in [3.8, 4) is 0 Å². The van der Waals surface area contributed by atoms with Gasteiger partial charge in [-0.05, 0) is 28.5 Å². The summed E-state index contributed by atoms with van der Waals surface area (Å²) in [7, 11) is -3.68. The fourth-order valence-electron chi connectivity index (χ4n) is 5.12. The highest BCUT2D eigenvalue weighted by Gasteiger charge is 2.44. The van der Waals surface area contributed by atoms with E-state index in [-0.39, 0.29) is 22.9 Å². The van der Waals surface area contributed by atoms with Crippen molar-refractivity contribution in [1.29, 1.82) is 0 Å². The van der Waals surface area contributed by atoms with Gasteiger partial charge in [-0.3, -0.25) is 4.79 Å². The molecule has 6 nitrogen and oxygen atoms in total. The minimum absolute atomic E-state index is 0.0336. The minimum Gasteiger partial charge on any atom is -0.332 e. The molecular weight excluding hydrogens is 410 g/mol. The zero-order chi connectivity index (χ0) is 21.6. The monoisotopic (exact) mass is 436 g/mol. The van der Waals surface area contributed by atoms with Crippen molar-refractivity contribution in [2.75, 3.05) is 26.2 Å². The highest BCUT2D eigenvalue weighted by Crippen LogP contribution is 2.43. The van der Waals surface area contributed by atoms with Crippen LogP contribution in [0.1, 0.15) is 30.1 Å². The number of hydrogen-bond acceptors (Lipinski definition) is 3. The van der Waals surface area contributed by atoms with E-state index in [1.165, 1.54) is 10.5 Å². The summed E-state index contributed by atoms with van der Waals surface area (Å²) in [6.45, 7) is 4.56. The van der Waals surface area contributed by atoms with E-state index >= 15 is 0 Å². The number of quaternary nitrogens is 1. The van der Waals surface area contributed by atoms with Crippen molar-refractivity contribution in [2.24, 2.45) is 0 Å². The van der Waals surface area contributed by atoms with Crippen molar-refractivity contribution >= 4 is 26.7 Å². The Hall–Kier alpha value is -2.74. The lowest BCUT2D eigenvalue weighted by Gasteiger charge is -2.37. The summed E-state index contributed by atoms with van der Waals surface area (Å²) >= 11 is 0. The predicted octanol–water partition coefficient (Wildman–Crippen LogP) is 1.66. The molecule has 0 unspecified atom stereocenters. The second kappa shape index (κ2) is 7.75. The maximum absolute atomic E-state index is 13.3. The lowest BCUT2D eigenvalue weighted by Crippen LogP contribution is -3.15. The van der Waals surface area contributed by atoms with Gasteiger partial charge in [0, 0.05) is 12.5 Å². The summed E-state index contributed by atoms with van der Waals surface area (Å²) in [6, 6.07) is 20.5. The summed E-state index contributed by atoms with van der Waals surface area (Å²) in [6.07, 6.45) is 0. The molecule has 2 aliphatic rings. The Balaban J connectivity index is 1.55. The minimum atomic E-state index is -3.68. The molecule has 1 saturated heterocycles. The number of sulfonamides is 1. The van der Waals surface area contributed by atoms with Crippen LogP contribution in [0, 0.1) is 0 Å². The summed E-state index contributed by atoms with van der Waals surface area (Å²) in [5, 5.41) is 2.28. The summed E-state index contributed by atoms with van der Waals surface area (Å²) in [5.74, 6) is 0.0946. The number of nitrogens with zero attached hydrogens (tertiary/aromatic N) is 1. The van der Waals surface area contributed by atoms with Gasteiger partial charge in [0.25, 0.3) is 0 Å². The van der Waals surface area contributed by atoms with Crippen LogP contribution in [0.2, 0.25) is 0 Å². The fourth-order valence-corrected chi connectivity index (χ4v) is 6.37. The highest BCUT2D eigenvalue weighted by molar-refractivity contribution is 7.89. The lowest BCUT2D eigenvalue weighted by atomic mass is 10.0. The average molecular weight is 437 g/mol. The van der Waals surface area contributed by atoms with Gasteiger partial charge in [0.05, 0.1) is 31.1 Å². The molecule has 1 fully saturated rings. The van der Waals surface area contributed by atoms with Gasteiger partial charge >= 0.3 is 0 Å². The Morgan fingerprint density at radius 1 is 0.935 bits per heavy atom. The molecule has 2 atom stereocenters. The molecule has 2 N–H and O–H groups in total. The van der Waals surface area contributed by atoms with E-state index in [2.05, 4.69) is 22.9 Å². The van der Waals surface area contributed by atoms with Crippen LogP contribution in [0.5, 0.6) is 0 Å². The zero-order valence-electron chi connectivity index (χ0n) is 17.4. The van der Waals surface area contributed by atoms with Crippen LogP contribution in [0.15, 0.2) is 71.6 Å². The number of carbonyl (C=O) groups is 1. The number of hydrogen-bond donors (Lipinski definition) is 2. The molecule has 1 amide bonds. The third-order valence-corrected chi connectivity index (χ3v) is 8.06. The van der Waals surface area contributed by atoms with Gasteiger partial charge in [-0.25, -0.2) is 8.42 Å². The molecule has 0 saturated carbocycles. The maximum Gasteiger partial charge on any atom is 0.241 e. The van der Waals surface area contributed by atoms with Gasteiger partial charge in [-0.1, -0.05) is 54.6 Å². The average Bonchev–Trinajstić information content (AvgIpc) is 3.09. The predicted molar refractivity (Wildman–Crippen MR) is 119 cm³/mol. The molecule has 3 aromatic rings. The molecule has 0 spiro atoms. The van der Waals surface area contributed by atoms with Crippen molar-refractivity contribution in [1.82, 2.24) is 9.62 Å². The Labute approximate surface area is 182 Å². The quantitative estimate of drug-likeness (QED) is 0.654. The van der Waals surface area contributed by atoms with E-state index < -0.39 is 10.0 Å². The summed E-state index contributed by atoms with van der Waals surface area (Å²) in [4.78, 5) is 15.2. The number of benzene rings is 3. The van der Waals surface area contributed by atoms with Crippen LogP contribution in [-0.4, -0.2) is 45.4 Å². The van der Waals surface area contributed by atoms with E-state index in [0.29, 0.717) is 13.1 Å². The molecule has 0 radical (unpaired) electrons. The normalized spacial score (nSPS) is 21.5. The first-order valence-corrected chi connectivity index (χ1v) is 12.1. The first-order valence-electron chi connectivity index (χ1n) is 10.6. The van der Waals surface area contributed by atoms with Crippen LogP contribution in [0.25, 0.3) is 10.8 Å². The zero-order valence-corrected chi connectivity index (χ0v) is 18.2. The Bertz CT molecular complexity index is 1230. The number of piperazine rings is 1. The van der Waals surface area contributed by atoms with Crippen LogP contribution >= 0.6 is 0 Å². The molecule has 1 aliphatic carbocycles. The number of amides is 1. The van der Waals surface area contributed by atoms with Crippen molar-refractivity contribution < 1.29 is 18.1 Å². The molecule has 3 aromatic carbocycles. The highest BCUT2D eigenvalue weighted by atomic mass is 32.2. The van der Waals surface area contributed by atoms with E-state index in [4.69, 9.17) is 0 Å². The standard InChI is InChI=1S/C24H25N3O3S/c1-17(28)26-13-15-27(16-14-26)24-21-12-6-8-18-7-5-11-20(22(18)21)23(24)25-31(29,30)19-9-3-2-4-10-19/h2-12,23-25H,13-16H2,1H3/p+1/t23-,24+/m0/s1. The lowest BCUT2D eigenvalue weighted by molar-refractivity contribution is -0.937. The third-order valence-electron chi connectivity index (χ3n) is 6.60. The van der Waals surface area contributed by atoms with E-state index in [1.54, 1.807) is 31.2 Å². The molecule has 5 rings (SSSR count). The van der Waals surface area contributed by atoms with Crippen molar-refractivity contribution in [3.05, 3.63) is 77.9 Å². The SMILES string of the molecule is CC(=O)N1CC[NH+]([C@@H]2c3cccc4cccc(c34)[C@@H]2NS(=O)(=O)c2ccccc2)CC1. The largest absolute Gasteiger partial charge is 0.332 e. The topological polar surface area (TPSA) is 70.9 Å². The molecule has 0 aromatic heterocycles. The van der Waals surface area contributed by atoms with Gasteiger partial charge in [0.15, 0.2) is 0 Å². The third kappa shape index (κ3) is 3.52. The number of carbonyl (C=O) groups excluding carboxylic acids is 1. The van der Waals surface area contributed by atoms with Crippen LogP contribution < -0.4 is 9.62 Å². The molecule has 0 bridgehead atoms. The van der Waals surface area contributed by atoms with Gasteiger partial charge < -0.3 is 9.80 Å². The Morgan fingerprint density at radius 3 is 2.23 bits per heavy atom. The first kappa shape index (κ1) is 20.2. The summed E-state index contributed by atoms with van der Waals surface area (Å²) in [5.41, 5.74) is 2.21. The molecule has 1 heterocycles. The van der Waals surface area contributed by atoms with E-state index in [0.717, 1.165) is 29.4 Å². The number of nitrogens with one attached hydrogen (secondary N) is 2. The molecule has 160 valence electrons. The second-order valence-electron chi connectivity index (χ2n) is 8.35.